The molecule has 0 aromatic rings. The molecule has 0 aromatic heterocycles. The van der Waals surface area contributed by atoms with Crippen molar-refractivity contribution < 1.29 is 29.7 Å². The zero-order valence-corrected chi connectivity index (χ0v) is 10.1. The molecule has 0 heterocycles. The number of unbranched alkanes of at least 4 members (excludes halogenated alkanes) is 2. The Morgan fingerprint density at radius 3 is 2.09 bits per heavy atom. The van der Waals surface area contributed by atoms with Crippen molar-refractivity contribution in [2.24, 2.45) is 0 Å². The Bertz CT molecular complexity index is 66.6. The van der Waals surface area contributed by atoms with Crippen LogP contribution in [-0.2, 0) is 0 Å². The Balaban J connectivity index is 0. The minimum absolute atomic E-state index is 0. The second kappa shape index (κ2) is 10.7. The Labute approximate surface area is 88.1 Å². The van der Waals surface area contributed by atoms with Gasteiger partial charge in [0.15, 0.2) is 0 Å². The number of rotatable bonds is 6. The van der Waals surface area contributed by atoms with Crippen molar-refractivity contribution in [1.82, 2.24) is 0 Å². The van der Waals surface area contributed by atoms with Crippen molar-refractivity contribution in [1.29, 1.82) is 0 Å². The molecule has 70 valence electrons. The topological polar surface area (TPSA) is 27.6 Å². The highest BCUT2D eigenvalue weighted by Gasteiger charge is 2.02. The van der Waals surface area contributed by atoms with Crippen molar-refractivity contribution in [2.45, 2.75) is 58.4 Å². The number of hydrogen-bond acceptors (Lipinski definition) is 0. The third-order valence-corrected chi connectivity index (χ3v) is 1.91. The van der Waals surface area contributed by atoms with E-state index in [0.29, 0.717) is 0 Å². The van der Waals surface area contributed by atoms with Gasteiger partial charge in [-0.25, -0.2) is 0 Å². The third-order valence-electron chi connectivity index (χ3n) is 1.91. The van der Waals surface area contributed by atoms with Crippen LogP contribution >= 0.6 is 0 Å². The molecule has 0 spiro atoms. The zero-order valence-electron chi connectivity index (χ0n) is 7.91. The van der Waals surface area contributed by atoms with E-state index in [-0.39, 0.29) is 24.0 Å². The van der Waals surface area contributed by atoms with Crippen molar-refractivity contribution in [2.75, 3.05) is 0 Å². The molecule has 0 saturated carbocycles. The average molecular weight is 271 g/mol. The first-order valence-corrected chi connectivity index (χ1v) is 4.64. The van der Waals surface area contributed by atoms with E-state index in [1.807, 2.05) is 0 Å². The smallest absolute Gasteiger partial charge is 0.0843 e. The molecule has 0 bridgehead atoms. The third kappa shape index (κ3) is 10.7. The van der Waals surface area contributed by atoms with Gasteiger partial charge in [0.1, 0.15) is 0 Å². The maximum Gasteiger partial charge on any atom is 0.0843 e. The van der Waals surface area contributed by atoms with E-state index in [9.17, 15) is 0 Å². The van der Waals surface area contributed by atoms with E-state index in [1.54, 1.807) is 0 Å². The van der Waals surface area contributed by atoms with Crippen LogP contribution in [-0.4, -0.2) is 6.04 Å². The lowest BCUT2D eigenvalue weighted by Gasteiger charge is -2.04. The molecule has 1 nitrogen and oxygen atoms in total. The van der Waals surface area contributed by atoms with Gasteiger partial charge in [-0.1, -0.05) is 33.1 Å². The van der Waals surface area contributed by atoms with Crippen molar-refractivity contribution in [3.05, 3.63) is 0 Å². The molecule has 0 aliphatic carbocycles. The molecule has 0 aliphatic heterocycles. The van der Waals surface area contributed by atoms with Gasteiger partial charge >= 0.3 is 0 Å². The highest BCUT2D eigenvalue weighted by atomic mass is 127. The summed E-state index contributed by atoms with van der Waals surface area (Å²) in [5.74, 6) is 0. The zero-order chi connectivity index (χ0) is 7.82. The van der Waals surface area contributed by atoms with Gasteiger partial charge in [-0.15, -0.1) is 0 Å². The van der Waals surface area contributed by atoms with Gasteiger partial charge in [-0.3, -0.25) is 0 Å². The minimum Gasteiger partial charge on any atom is -1.00 e. The molecule has 2 heteroatoms. The predicted molar refractivity (Wildman–Crippen MR) is 45.7 cm³/mol. The summed E-state index contributed by atoms with van der Waals surface area (Å²) in [7, 11) is 0. The standard InChI is InChI=1S/C9H21N.HI/c1-3-5-6-8-9(10)7-4-2;/h9H,3-8,10H2,1-2H3;1H. The SMILES string of the molecule is CCCCCC([NH3+])CCC.[I-]. The molecule has 0 aromatic carbocycles. The number of hydrogen-bond donors (Lipinski definition) is 1. The van der Waals surface area contributed by atoms with Gasteiger partial charge in [-0.05, 0) is 19.3 Å². The van der Waals surface area contributed by atoms with Gasteiger partial charge in [0.05, 0.1) is 6.04 Å². The van der Waals surface area contributed by atoms with E-state index >= 15 is 0 Å². The van der Waals surface area contributed by atoms with E-state index in [4.69, 9.17) is 0 Å². The molecule has 1 unspecified atom stereocenters. The Morgan fingerprint density at radius 1 is 1.00 bits per heavy atom. The Morgan fingerprint density at radius 2 is 1.64 bits per heavy atom. The first kappa shape index (κ1) is 14.2. The first-order valence-electron chi connectivity index (χ1n) is 4.64. The second-order valence-corrected chi connectivity index (χ2v) is 3.15. The summed E-state index contributed by atoms with van der Waals surface area (Å²) in [5.41, 5.74) is 4.10. The summed E-state index contributed by atoms with van der Waals surface area (Å²) in [6.07, 6.45) is 8.03. The summed E-state index contributed by atoms with van der Waals surface area (Å²) in [6.45, 7) is 4.48. The van der Waals surface area contributed by atoms with Gasteiger partial charge in [0.25, 0.3) is 0 Å². The summed E-state index contributed by atoms with van der Waals surface area (Å²) in [4.78, 5) is 0. The molecule has 3 N–H and O–H groups in total. The van der Waals surface area contributed by atoms with Crippen LogP contribution < -0.4 is 29.7 Å². The summed E-state index contributed by atoms with van der Waals surface area (Å²) in [6, 6.07) is 0.719. The molecule has 1 atom stereocenters. The monoisotopic (exact) mass is 271 g/mol. The largest absolute Gasteiger partial charge is 1.00 e. The minimum atomic E-state index is 0. The molecule has 0 amide bonds. The fourth-order valence-corrected chi connectivity index (χ4v) is 1.24. The van der Waals surface area contributed by atoms with Crippen LogP contribution in [0.4, 0.5) is 0 Å². The van der Waals surface area contributed by atoms with E-state index in [2.05, 4.69) is 19.6 Å². The fraction of sp³-hybridized carbons (Fsp3) is 1.00. The van der Waals surface area contributed by atoms with Crippen molar-refractivity contribution in [3.8, 4) is 0 Å². The molecule has 0 saturated heterocycles. The normalized spacial score (nSPS) is 12.3. The van der Waals surface area contributed by atoms with E-state index < -0.39 is 0 Å². The van der Waals surface area contributed by atoms with Crippen molar-refractivity contribution >= 4 is 0 Å². The van der Waals surface area contributed by atoms with Crippen molar-refractivity contribution in [3.63, 3.8) is 0 Å². The highest BCUT2D eigenvalue weighted by Crippen LogP contribution is 2.04. The van der Waals surface area contributed by atoms with Crippen LogP contribution in [0.15, 0.2) is 0 Å². The molecule has 0 aliphatic rings. The Hall–Kier alpha value is 0.690. The lowest BCUT2D eigenvalue weighted by Crippen LogP contribution is -3.00. The van der Waals surface area contributed by atoms with Crippen LogP contribution in [0.5, 0.6) is 0 Å². The maximum absolute atomic E-state index is 4.10. The van der Waals surface area contributed by atoms with Crippen LogP contribution in [0, 0.1) is 0 Å². The number of quaternary nitrogens is 1. The van der Waals surface area contributed by atoms with E-state index in [1.165, 1.54) is 38.5 Å². The van der Waals surface area contributed by atoms with Crippen LogP contribution in [0.25, 0.3) is 0 Å². The quantitative estimate of drug-likeness (QED) is 0.473. The molecule has 11 heavy (non-hydrogen) atoms. The van der Waals surface area contributed by atoms with E-state index in [0.717, 1.165) is 6.04 Å². The number of halogens is 1. The lowest BCUT2D eigenvalue weighted by atomic mass is 10.1. The molecule has 0 rings (SSSR count). The molecular weight excluding hydrogens is 249 g/mol. The first-order chi connectivity index (χ1) is 4.81. The highest BCUT2D eigenvalue weighted by molar-refractivity contribution is 4.52. The fourth-order valence-electron chi connectivity index (χ4n) is 1.24. The van der Waals surface area contributed by atoms with Crippen LogP contribution in [0.1, 0.15) is 52.4 Å². The van der Waals surface area contributed by atoms with Gasteiger partial charge in [0, 0.05) is 0 Å². The summed E-state index contributed by atoms with van der Waals surface area (Å²) in [5, 5.41) is 0. The van der Waals surface area contributed by atoms with Gasteiger partial charge in [0.2, 0.25) is 0 Å². The molecule has 0 fully saturated rings. The Kier molecular flexibility index (Phi) is 13.8. The molecule has 0 radical (unpaired) electrons. The van der Waals surface area contributed by atoms with Crippen LogP contribution in [0.2, 0.25) is 0 Å². The molecular formula is C9H22IN. The van der Waals surface area contributed by atoms with Crippen LogP contribution in [0.3, 0.4) is 0 Å². The lowest BCUT2D eigenvalue weighted by molar-refractivity contribution is -0.422. The second-order valence-electron chi connectivity index (χ2n) is 3.15. The predicted octanol–water partition coefficient (Wildman–Crippen LogP) is -1.02. The van der Waals surface area contributed by atoms with Gasteiger partial charge in [-0.2, -0.15) is 0 Å². The summed E-state index contributed by atoms with van der Waals surface area (Å²) >= 11 is 0. The maximum atomic E-state index is 4.10. The van der Waals surface area contributed by atoms with Gasteiger partial charge < -0.3 is 29.7 Å². The average Bonchev–Trinajstić information content (AvgIpc) is 1.89. The summed E-state index contributed by atoms with van der Waals surface area (Å²) < 4.78 is 0.